The largest absolute Gasteiger partial charge is 0.444 e. The second-order valence-corrected chi connectivity index (χ2v) is 6.30. The van der Waals surface area contributed by atoms with Gasteiger partial charge in [0, 0.05) is 36.9 Å². The zero-order valence-corrected chi connectivity index (χ0v) is 13.2. The highest BCUT2D eigenvalue weighted by molar-refractivity contribution is 5.75. The van der Waals surface area contributed by atoms with Crippen LogP contribution in [0.3, 0.4) is 0 Å². The molecule has 0 aromatic heterocycles. The number of amides is 1. The van der Waals surface area contributed by atoms with Crippen LogP contribution in [0.25, 0.3) is 0 Å². The highest BCUT2D eigenvalue weighted by Gasteiger charge is 2.29. The van der Waals surface area contributed by atoms with Crippen LogP contribution in [-0.4, -0.2) is 55.6 Å². The zero-order valence-electron chi connectivity index (χ0n) is 13.2. The Labute approximate surface area is 136 Å². The maximum atomic E-state index is 12.2. The lowest BCUT2D eigenvalue weighted by molar-refractivity contribution is 0.0613. The molecule has 2 aliphatic heterocycles. The maximum absolute atomic E-state index is 12.2. The first-order valence-electron chi connectivity index (χ1n) is 8.17. The first kappa shape index (κ1) is 15.8. The van der Waals surface area contributed by atoms with Crippen molar-refractivity contribution in [2.24, 2.45) is 5.73 Å². The first-order chi connectivity index (χ1) is 11.2. The van der Waals surface area contributed by atoms with E-state index in [2.05, 4.69) is 4.90 Å². The molecule has 1 aromatic rings. The number of piperidine rings is 1. The van der Waals surface area contributed by atoms with Gasteiger partial charge in [0.15, 0.2) is 0 Å². The molecule has 6 nitrogen and oxygen atoms in total. The van der Waals surface area contributed by atoms with Crippen LogP contribution in [0.2, 0.25) is 0 Å². The second kappa shape index (κ2) is 7.00. The monoisotopic (exact) mass is 317 g/mol. The van der Waals surface area contributed by atoms with Gasteiger partial charge in [-0.05, 0) is 43.5 Å². The molecule has 2 aliphatic rings. The van der Waals surface area contributed by atoms with Gasteiger partial charge >= 0.3 is 6.09 Å². The van der Waals surface area contributed by atoms with E-state index in [9.17, 15) is 9.59 Å². The van der Waals surface area contributed by atoms with Crippen molar-refractivity contribution >= 4 is 18.1 Å². The minimum atomic E-state index is -0.249. The Balaban J connectivity index is 1.57. The van der Waals surface area contributed by atoms with Gasteiger partial charge in [0.2, 0.25) is 0 Å². The van der Waals surface area contributed by atoms with Gasteiger partial charge in [-0.2, -0.15) is 0 Å². The van der Waals surface area contributed by atoms with Crippen LogP contribution in [0.1, 0.15) is 29.6 Å². The van der Waals surface area contributed by atoms with E-state index in [0.717, 1.165) is 37.8 Å². The number of benzene rings is 1. The summed E-state index contributed by atoms with van der Waals surface area (Å²) in [6, 6.07) is 7.57. The number of hydrogen-bond donors (Lipinski definition) is 1. The summed E-state index contributed by atoms with van der Waals surface area (Å²) in [7, 11) is 0. The lowest BCUT2D eigenvalue weighted by Gasteiger charge is -2.34. The third-order valence-corrected chi connectivity index (χ3v) is 4.52. The van der Waals surface area contributed by atoms with Crippen molar-refractivity contribution in [2.75, 3.05) is 31.1 Å². The molecule has 2 saturated heterocycles. The van der Waals surface area contributed by atoms with Crippen molar-refractivity contribution in [3.05, 3.63) is 29.8 Å². The Kier molecular flexibility index (Phi) is 4.81. The number of ether oxygens (including phenoxy) is 1. The molecule has 0 radical (unpaired) electrons. The quantitative estimate of drug-likeness (QED) is 0.858. The zero-order chi connectivity index (χ0) is 16.2. The molecule has 124 valence electrons. The topological polar surface area (TPSA) is 75.9 Å². The molecular weight excluding hydrogens is 294 g/mol. The Morgan fingerprint density at radius 2 is 1.96 bits per heavy atom. The average molecular weight is 317 g/mol. The van der Waals surface area contributed by atoms with E-state index in [0.29, 0.717) is 25.2 Å². The SMILES string of the molecule is N[C@@H]1CCN(C(=O)OC2CCCN(c3ccc(C=O)cc3)C2)C1. The van der Waals surface area contributed by atoms with Crippen LogP contribution < -0.4 is 10.6 Å². The predicted molar refractivity (Wildman–Crippen MR) is 87.7 cm³/mol. The Morgan fingerprint density at radius 3 is 2.61 bits per heavy atom. The van der Waals surface area contributed by atoms with Crippen molar-refractivity contribution in [3.63, 3.8) is 0 Å². The summed E-state index contributed by atoms with van der Waals surface area (Å²) in [5, 5.41) is 0. The number of carbonyl (C=O) groups excluding carboxylic acids is 2. The molecule has 6 heteroatoms. The Hall–Kier alpha value is -2.08. The van der Waals surface area contributed by atoms with Gasteiger partial charge in [0.1, 0.15) is 12.4 Å². The van der Waals surface area contributed by atoms with Crippen LogP contribution >= 0.6 is 0 Å². The molecule has 0 saturated carbocycles. The van der Waals surface area contributed by atoms with Crippen molar-refractivity contribution in [1.29, 1.82) is 0 Å². The fourth-order valence-corrected chi connectivity index (χ4v) is 3.20. The smallest absolute Gasteiger partial charge is 0.410 e. The van der Waals surface area contributed by atoms with Crippen LogP contribution in [-0.2, 0) is 4.74 Å². The molecule has 2 N–H and O–H groups in total. The lowest BCUT2D eigenvalue weighted by atomic mass is 10.1. The van der Waals surface area contributed by atoms with Gasteiger partial charge in [-0.25, -0.2) is 4.79 Å². The van der Waals surface area contributed by atoms with Crippen LogP contribution in [0.5, 0.6) is 0 Å². The summed E-state index contributed by atoms with van der Waals surface area (Å²) in [6.07, 6.45) is 3.20. The number of rotatable bonds is 3. The number of hydrogen-bond acceptors (Lipinski definition) is 5. The van der Waals surface area contributed by atoms with Crippen molar-refractivity contribution in [2.45, 2.75) is 31.4 Å². The fraction of sp³-hybridized carbons (Fsp3) is 0.529. The molecule has 3 rings (SSSR count). The highest BCUT2D eigenvalue weighted by Crippen LogP contribution is 2.22. The molecule has 2 atom stereocenters. The molecule has 23 heavy (non-hydrogen) atoms. The summed E-state index contributed by atoms with van der Waals surface area (Å²) < 4.78 is 5.65. The molecule has 0 bridgehead atoms. The van der Waals surface area contributed by atoms with E-state index in [1.54, 1.807) is 4.90 Å². The van der Waals surface area contributed by atoms with Crippen LogP contribution in [0.15, 0.2) is 24.3 Å². The van der Waals surface area contributed by atoms with Crippen molar-refractivity contribution in [3.8, 4) is 0 Å². The van der Waals surface area contributed by atoms with Crippen molar-refractivity contribution in [1.82, 2.24) is 4.90 Å². The number of aldehydes is 1. The number of likely N-dealkylation sites (tertiary alicyclic amines) is 1. The second-order valence-electron chi connectivity index (χ2n) is 6.30. The van der Waals surface area contributed by atoms with Crippen LogP contribution in [0.4, 0.5) is 10.5 Å². The molecule has 1 amide bonds. The molecule has 2 fully saturated rings. The third kappa shape index (κ3) is 3.82. The van der Waals surface area contributed by atoms with E-state index < -0.39 is 0 Å². The standard InChI is InChI=1S/C17H23N3O3/c18-14-7-9-20(10-14)17(22)23-16-2-1-8-19(11-16)15-5-3-13(12-21)4-6-15/h3-6,12,14,16H,1-2,7-11,18H2/t14-,16?/m1/s1. The van der Waals surface area contributed by atoms with Gasteiger partial charge < -0.3 is 20.3 Å². The molecule has 1 unspecified atom stereocenters. The summed E-state index contributed by atoms with van der Waals surface area (Å²) in [4.78, 5) is 26.8. The highest BCUT2D eigenvalue weighted by atomic mass is 16.6. The predicted octanol–water partition coefficient (Wildman–Crippen LogP) is 1.64. The third-order valence-electron chi connectivity index (χ3n) is 4.52. The number of nitrogens with two attached hydrogens (primary N) is 1. The van der Waals surface area contributed by atoms with Gasteiger partial charge in [-0.3, -0.25) is 4.79 Å². The van der Waals surface area contributed by atoms with Gasteiger partial charge in [0.05, 0.1) is 6.54 Å². The van der Waals surface area contributed by atoms with Gasteiger partial charge in [-0.15, -0.1) is 0 Å². The number of carbonyl (C=O) groups is 2. The molecule has 1 aromatic carbocycles. The Bertz CT molecular complexity index is 561. The summed E-state index contributed by atoms with van der Waals surface area (Å²) in [6.45, 7) is 2.89. The molecule has 0 aliphatic carbocycles. The van der Waals surface area contributed by atoms with Gasteiger partial charge in [0.25, 0.3) is 0 Å². The van der Waals surface area contributed by atoms with E-state index in [4.69, 9.17) is 10.5 Å². The average Bonchev–Trinajstić information content (AvgIpc) is 3.02. The summed E-state index contributed by atoms with van der Waals surface area (Å²) >= 11 is 0. The fourth-order valence-electron chi connectivity index (χ4n) is 3.20. The van der Waals surface area contributed by atoms with E-state index in [1.807, 2.05) is 24.3 Å². The Morgan fingerprint density at radius 1 is 1.17 bits per heavy atom. The summed E-state index contributed by atoms with van der Waals surface area (Å²) in [5.41, 5.74) is 7.56. The minimum Gasteiger partial charge on any atom is -0.444 e. The lowest BCUT2D eigenvalue weighted by Crippen LogP contribution is -2.43. The molecule has 2 heterocycles. The van der Waals surface area contributed by atoms with Crippen LogP contribution in [0, 0.1) is 0 Å². The van der Waals surface area contributed by atoms with Gasteiger partial charge in [-0.1, -0.05) is 0 Å². The van der Waals surface area contributed by atoms with Crippen molar-refractivity contribution < 1.29 is 14.3 Å². The molecular formula is C17H23N3O3. The maximum Gasteiger partial charge on any atom is 0.410 e. The summed E-state index contributed by atoms with van der Waals surface area (Å²) in [5.74, 6) is 0. The van der Waals surface area contributed by atoms with E-state index >= 15 is 0 Å². The normalized spacial score (nSPS) is 24.6. The molecule has 0 spiro atoms. The van der Waals surface area contributed by atoms with E-state index in [1.165, 1.54) is 0 Å². The number of anilines is 1. The minimum absolute atomic E-state index is 0.0711. The number of nitrogens with zero attached hydrogens (tertiary/aromatic N) is 2. The first-order valence-corrected chi connectivity index (χ1v) is 8.17. The van der Waals surface area contributed by atoms with E-state index in [-0.39, 0.29) is 18.2 Å².